The Morgan fingerprint density at radius 3 is 2.38 bits per heavy atom. The van der Waals surface area contributed by atoms with E-state index in [4.69, 9.17) is 9.47 Å². The average Bonchev–Trinajstić information content (AvgIpc) is 2.96. The monoisotopic (exact) mass is 545 g/mol. The van der Waals surface area contributed by atoms with Crippen LogP contribution in [0.4, 0.5) is 15.8 Å². The van der Waals surface area contributed by atoms with E-state index in [-0.39, 0.29) is 24.5 Å². The molecule has 3 aromatic rings. The first-order valence-corrected chi connectivity index (χ1v) is 13.5. The zero-order valence-electron chi connectivity index (χ0n) is 22.3. The third kappa shape index (κ3) is 6.25. The fraction of sp³-hybridized carbons (Fsp3) is 0.323. The molecule has 3 aromatic carbocycles. The van der Waals surface area contributed by atoms with Crippen molar-refractivity contribution < 1.29 is 28.2 Å². The van der Waals surface area contributed by atoms with Crippen molar-refractivity contribution in [2.24, 2.45) is 0 Å². The number of amides is 3. The molecule has 1 fully saturated rings. The van der Waals surface area contributed by atoms with Crippen LogP contribution >= 0.6 is 0 Å². The minimum atomic E-state index is -1.14. The predicted octanol–water partition coefficient (Wildman–Crippen LogP) is 5.15. The van der Waals surface area contributed by atoms with Crippen LogP contribution in [-0.4, -0.2) is 36.5 Å². The maximum absolute atomic E-state index is 14.3. The van der Waals surface area contributed by atoms with Crippen LogP contribution in [-0.2, 0) is 14.4 Å². The molecule has 1 aliphatic heterocycles. The Kier molecular flexibility index (Phi) is 8.28. The molecular formula is C31H32FN3O5. The molecule has 1 saturated carbocycles. The number of fused-ring (bicyclic) bond motifs is 1. The van der Waals surface area contributed by atoms with Crippen LogP contribution in [0, 0.1) is 5.82 Å². The molecule has 40 heavy (non-hydrogen) atoms. The number of ether oxygens (including phenoxy) is 2. The molecule has 0 saturated heterocycles. The van der Waals surface area contributed by atoms with Gasteiger partial charge < -0.3 is 20.1 Å². The van der Waals surface area contributed by atoms with Gasteiger partial charge >= 0.3 is 0 Å². The van der Waals surface area contributed by atoms with Crippen molar-refractivity contribution >= 4 is 29.1 Å². The van der Waals surface area contributed by atoms with Crippen LogP contribution < -0.4 is 25.0 Å². The van der Waals surface area contributed by atoms with Gasteiger partial charge in [-0.15, -0.1) is 0 Å². The van der Waals surface area contributed by atoms with Crippen molar-refractivity contribution in [3.63, 3.8) is 0 Å². The van der Waals surface area contributed by atoms with Crippen molar-refractivity contribution in [3.8, 4) is 11.5 Å². The van der Waals surface area contributed by atoms with Gasteiger partial charge in [-0.25, -0.2) is 4.39 Å². The Balaban J connectivity index is 1.57. The molecule has 1 heterocycles. The highest BCUT2D eigenvalue weighted by Crippen LogP contribution is 2.35. The summed E-state index contributed by atoms with van der Waals surface area (Å²) >= 11 is 0. The lowest BCUT2D eigenvalue weighted by Gasteiger charge is -2.36. The van der Waals surface area contributed by atoms with E-state index in [0.717, 1.165) is 32.1 Å². The summed E-state index contributed by atoms with van der Waals surface area (Å²) in [6.45, 7) is 1.33. The van der Waals surface area contributed by atoms with E-state index < -0.39 is 23.9 Å². The molecule has 5 rings (SSSR count). The first kappa shape index (κ1) is 27.2. The molecule has 0 radical (unpaired) electrons. The Labute approximate surface area is 232 Å². The quantitative estimate of drug-likeness (QED) is 0.428. The molecule has 8 nitrogen and oxygen atoms in total. The van der Waals surface area contributed by atoms with Gasteiger partial charge in [0.1, 0.15) is 18.5 Å². The summed E-state index contributed by atoms with van der Waals surface area (Å²) in [7, 11) is 0. The SMILES string of the molecule is CC(=O)Nc1cccc(N(C(=O)[C@H]2COc3ccccc3O2)[C@@H](C(=O)NC2CCCCC2)c2ccc(F)cc2)c1. The summed E-state index contributed by atoms with van der Waals surface area (Å²) < 4.78 is 25.8. The highest BCUT2D eigenvalue weighted by atomic mass is 19.1. The summed E-state index contributed by atoms with van der Waals surface area (Å²) in [5.41, 5.74) is 1.26. The number of hydrogen-bond acceptors (Lipinski definition) is 5. The number of nitrogens with zero attached hydrogens (tertiary/aromatic N) is 1. The van der Waals surface area contributed by atoms with Crippen molar-refractivity contribution in [2.75, 3.05) is 16.8 Å². The van der Waals surface area contributed by atoms with Gasteiger partial charge in [0.25, 0.3) is 5.91 Å². The molecule has 0 bridgehead atoms. The smallest absolute Gasteiger partial charge is 0.272 e. The maximum atomic E-state index is 14.3. The number of para-hydroxylation sites is 2. The second kappa shape index (κ2) is 12.2. The van der Waals surface area contributed by atoms with Crippen LogP contribution in [0.1, 0.15) is 50.6 Å². The van der Waals surface area contributed by atoms with Crippen LogP contribution in [0.15, 0.2) is 72.8 Å². The summed E-state index contributed by atoms with van der Waals surface area (Å²) in [5.74, 6) is -0.682. The minimum Gasteiger partial charge on any atom is -0.485 e. The zero-order chi connectivity index (χ0) is 28.1. The van der Waals surface area contributed by atoms with E-state index >= 15 is 0 Å². The van der Waals surface area contributed by atoms with E-state index in [0.29, 0.717) is 28.4 Å². The predicted molar refractivity (Wildman–Crippen MR) is 149 cm³/mol. The van der Waals surface area contributed by atoms with Gasteiger partial charge in [0, 0.05) is 24.3 Å². The first-order chi connectivity index (χ1) is 19.4. The molecule has 3 amide bonds. The number of nitrogens with one attached hydrogen (secondary N) is 2. The lowest BCUT2D eigenvalue weighted by atomic mass is 9.94. The van der Waals surface area contributed by atoms with E-state index in [1.54, 1.807) is 42.5 Å². The van der Waals surface area contributed by atoms with Crippen LogP contribution in [0.2, 0.25) is 0 Å². The Morgan fingerprint density at radius 1 is 0.925 bits per heavy atom. The van der Waals surface area contributed by atoms with Gasteiger partial charge in [0.15, 0.2) is 11.5 Å². The van der Waals surface area contributed by atoms with E-state index in [2.05, 4.69) is 10.6 Å². The molecule has 1 aliphatic carbocycles. The Hall–Kier alpha value is -4.40. The minimum absolute atomic E-state index is 0.0204. The molecule has 0 unspecified atom stereocenters. The van der Waals surface area contributed by atoms with E-state index in [9.17, 15) is 18.8 Å². The highest BCUT2D eigenvalue weighted by molar-refractivity contribution is 6.04. The molecule has 2 N–H and O–H groups in total. The molecule has 9 heteroatoms. The average molecular weight is 546 g/mol. The molecule has 208 valence electrons. The normalized spacial score (nSPS) is 17.4. The molecule has 2 atom stereocenters. The first-order valence-electron chi connectivity index (χ1n) is 13.5. The second-order valence-corrected chi connectivity index (χ2v) is 10.1. The van der Waals surface area contributed by atoms with Crippen molar-refractivity contribution in [2.45, 2.75) is 57.2 Å². The Morgan fingerprint density at radius 2 is 1.65 bits per heavy atom. The van der Waals surface area contributed by atoms with E-state index in [1.807, 2.05) is 6.07 Å². The standard InChI is InChI=1S/C31H32FN3O5/c1-20(36)33-24-10-7-11-25(18-24)35(31(38)28-19-39-26-12-5-6-13-27(26)40-28)29(21-14-16-22(32)17-15-21)30(37)34-23-8-3-2-4-9-23/h5-7,10-18,23,28-29H,2-4,8-9,19H2,1H3,(H,33,36)(H,34,37)/t28-,29-/m1/s1. The zero-order valence-corrected chi connectivity index (χ0v) is 22.3. The van der Waals surface area contributed by atoms with Gasteiger partial charge in [0.2, 0.25) is 17.9 Å². The molecule has 0 spiro atoms. The van der Waals surface area contributed by atoms with Crippen molar-refractivity contribution in [1.29, 1.82) is 0 Å². The molecule has 0 aromatic heterocycles. The van der Waals surface area contributed by atoms with Gasteiger partial charge in [-0.3, -0.25) is 19.3 Å². The molecular weight excluding hydrogens is 513 g/mol. The van der Waals surface area contributed by atoms with Gasteiger partial charge in [-0.05, 0) is 60.9 Å². The lowest BCUT2D eigenvalue weighted by molar-refractivity contribution is -0.132. The van der Waals surface area contributed by atoms with Crippen molar-refractivity contribution in [1.82, 2.24) is 5.32 Å². The lowest BCUT2D eigenvalue weighted by Crippen LogP contribution is -2.52. The summed E-state index contributed by atoms with van der Waals surface area (Å²) in [5, 5.41) is 5.86. The molecule has 2 aliphatic rings. The maximum Gasteiger partial charge on any atom is 0.272 e. The van der Waals surface area contributed by atoms with E-state index in [1.165, 1.54) is 36.1 Å². The number of anilines is 2. The Bertz CT molecular complexity index is 1370. The third-order valence-corrected chi connectivity index (χ3v) is 7.11. The van der Waals surface area contributed by atoms with Crippen LogP contribution in [0.5, 0.6) is 11.5 Å². The topological polar surface area (TPSA) is 97.0 Å². The van der Waals surface area contributed by atoms with Crippen LogP contribution in [0.3, 0.4) is 0 Å². The third-order valence-electron chi connectivity index (χ3n) is 7.11. The number of benzene rings is 3. The van der Waals surface area contributed by atoms with Crippen LogP contribution in [0.25, 0.3) is 0 Å². The van der Waals surface area contributed by atoms with Gasteiger partial charge in [0.05, 0.1) is 0 Å². The van der Waals surface area contributed by atoms with Gasteiger partial charge in [-0.1, -0.05) is 49.6 Å². The second-order valence-electron chi connectivity index (χ2n) is 10.1. The number of rotatable bonds is 7. The fourth-order valence-electron chi connectivity index (χ4n) is 5.23. The summed E-state index contributed by atoms with van der Waals surface area (Å²) in [4.78, 5) is 41.5. The fourth-order valence-corrected chi connectivity index (χ4v) is 5.23. The number of carbonyl (C=O) groups excluding carboxylic acids is 3. The largest absolute Gasteiger partial charge is 0.485 e. The summed E-state index contributed by atoms with van der Waals surface area (Å²) in [6.07, 6.45) is 3.80. The summed E-state index contributed by atoms with van der Waals surface area (Å²) in [6, 6.07) is 18.1. The highest BCUT2D eigenvalue weighted by Gasteiger charge is 2.40. The number of carbonyl (C=O) groups is 3. The number of halogens is 1. The number of hydrogen-bond donors (Lipinski definition) is 2. The van der Waals surface area contributed by atoms with Gasteiger partial charge in [-0.2, -0.15) is 0 Å². The van der Waals surface area contributed by atoms with Crippen molar-refractivity contribution in [3.05, 3.63) is 84.2 Å².